The fourth-order valence-electron chi connectivity index (χ4n) is 1.86. The van der Waals surface area contributed by atoms with Crippen LogP contribution in [0.25, 0.3) is 21.1 Å². The number of rotatable bonds is 3. The molecule has 1 aromatic carbocycles. The molecule has 0 atom stereocenters. The molecule has 0 fully saturated rings. The molecule has 6 heteroatoms. The van der Waals surface area contributed by atoms with E-state index in [2.05, 4.69) is 15.0 Å². The van der Waals surface area contributed by atoms with Gasteiger partial charge in [-0.25, -0.2) is 9.78 Å². The highest BCUT2D eigenvalue weighted by Gasteiger charge is 2.21. The molecule has 0 bridgehead atoms. The lowest BCUT2D eigenvalue weighted by atomic mass is 10.1. The van der Waals surface area contributed by atoms with Crippen LogP contribution in [0.5, 0.6) is 0 Å². The van der Waals surface area contributed by atoms with Gasteiger partial charge in [-0.2, -0.15) is 0 Å². The van der Waals surface area contributed by atoms with Crippen LogP contribution in [-0.4, -0.2) is 28.0 Å². The zero-order chi connectivity index (χ0) is 14.7. The Labute approximate surface area is 125 Å². The minimum atomic E-state index is -0.458. The second-order valence-electron chi connectivity index (χ2n) is 4.15. The third kappa shape index (κ3) is 2.66. The fourth-order valence-corrected chi connectivity index (χ4v) is 2.88. The zero-order valence-corrected chi connectivity index (χ0v) is 12.0. The molecule has 0 saturated heterocycles. The first-order valence-corrected chi connectivity index (χ1v) is 7.02. The van der Waals surface area contributed by atoms with Gasteiger partial charge in [-0.05, 0) is 5.56 Å². The van der Waals surface area contributed by atoms with Crippen LogP contribution < -0.4 is 0 Å². The third-order valence-electron chi connectivity index (χ3n) is 2.82. The highest BCUT2D eigenvalue weighted by atomic mass is 32.1. The van der Waals surface area contributed by atoms with E-state index in [4.69, 9.17) is 4.74 Å². The van der Waals surface area contributed by atoms with Crippen LogP contribution in [0, 0.1) is 0 Å². The predicted molar refractivity (Wildman–Crippen MR) is 79.9 cm³/mol. The van der Waals surface area contributed by atoms with Crippen LogP contribution in [0.4, 0.5) is 0 Å². The number of ether oxygens (including phenoxy) is 1. The summed E-state index contributed by atoms with van der Waals surface area (Å²) in [5, 5.41) is 0.641. The van der Waals surface area contributed by atoms with Gasteiger partial charge in [0.15, 0.2) is 5.69 Å². The molecule has 3 aromatic rings. The van der Waals surface area contributed by atoms with Crippen LogP contribution in [-0.2, 0) is 4.74 Å². The minimum Gasteiger partial charge on any atom is -0.464 e. The van der Waals surface area contributed by atoms with E-state index in [1.807, 2.05) is 30.3 Å². The Bertz CT molecular complexity index is 757. The summed E-state index contributed by atoms with van der Waals surface area (Å²) in [5.41, 5.74) is 1.86. The van der Waals surface area contributed by atoms with Gasteiger partial charge in [-0.1, -0.05) is 30.3 Å². The van der Waals surface area contributed by atoms with Gasteiger partial charge in [0.1, 0.15) is 10.7 Å². The van der Waals surface area contributed by atoms with Gasteiger partial charge in [0, 0.05) is 12.4 Å². The predicted octanol–water partition coefficient (Wildman–Crippen LogP) is 3.05. The van der Waals surface area contributed by atoms with E-state index in [9.17, 15) is 4.79 Å². The Morgan fingerprint density at radius 2 is 2.00 bits per heavy atom. The maximum Gasteiger partial charge on any atom is 0.358 e. The monoisotopic (exact) mass is 297 g/mol. The highest BCUT2D eigenvalue weighted by Crippen LogP contribution is 2.34. The molecule has 0 aliphatic carbocycles. The SMILES string of the molecule is COC(=O)c1nc(-c2cnccn2)sc1-c1ccccc1. The smallest absolute Gasteiger partial charge is 0.358 e. The molecule has 0 aliphatic rings. The Morgan fingerprint density at radius 3 is 2.67 bits per heavy atom. The Morgan fingerprint density at radius 1 is 1.19 bits per heavy atom. The quantitative estimate of drug-likeness (QED) is 0.695. The van der Waals surface area contributed by atoms with Crippen LogP contribution in [0.2, 0.25) is 0 Å². The van der Waals surface area contributed by atoms with Crippen LogP contribution >= 0.6 is 11.3 Å². The molecule has 2 aromatic heterocycles. The molecule has 2 heterocycles. The highest BCUT2D eigenvalue weighted by molar-refractivity contribution is 7.18. The minimum absolute atomic E-state index is 0.300. The van der Waals surface area contributed by atoms with Gasteiger partial charge in [-0.15, -0.1) is 11.3 Å². The molecule has 0 spiro atoms. The Kier molecular flexibility index (Phi) is 3.70. The molecule has 0 N–H and O–H groups in total. The summed E-state index contributed by atoms with van der Waals surface area (Å²) in [5.74, 6) is -0.458. The van der Waals surface area contributed by atoms with Crippen molar-refractivity contribution in [1.29, 1.82) is 0 Å². The first-order chi connectivity index (χ1) is 10.3. The summed E-state index contributed by atoms with van der Waals surface area (Å²) in [6.45, 7) is 0. The molecule has 5 nitrogen and oxygen atoms in total. The van der Waals surface area contributed by atoms with Crippen molar-refractivity contribution in [2.24, 2.45) is 0 Å². The fraction of sp³-hybridized carbons (Fsp3) is 0.0667. The van der Waals surface area contributed by atoms with Gasteiger partial charge in [0.05, 0.1) is 18.2 Å². The molecule has 104 valence electrons. The molecular formula is C15H11N3O2S. The van der Waals surface area contributed by atoms with E-state index in [-0.39, 0.29) is 0 Å². The number of esters is 1. The van der Waals surface area contributed by atoms with Crippen LogP contribution in [0.3, 0.4) is 0 Å². The second kappa shape index (κ2) is 5.80. The van der Waals surface area contributed by atoms with E-state index in [0.29, 0.717) is 16.4 Å². The first kappa shape index (κ1) is 13.4. The maximum atomic E-state index is 11.9. The molecule has 21 heavy (non-hydrogen) atoms. The van der Waals surface area contributed by atoms with Gasteiger partial charge in [-0.3, -0.25) is 9.97 Å². The van der Waals surface area contributed by atoms with Gasteiger partial charge in [0.25, 0.3) is 0 Å². The number of hydrogen-bond acceptors (Lipinski definition) is 6. The summed E-state index contributed by atoms with van der Waals surface area (Å²) in [4.78, 5) is 25.3. The lowest BCUT2D eigenvalue weighted by molar-refractivity contribution is 0.0596. The first-order valence-electron chi connectivity index (χ1n) is 6.20. The summed E-state index contributed by atoms with van der Waals surface area (Å²) in [6, 6.07) is 9.61. The molecular weight excluding hydrogens is 286 g/mol. The van der Waals surface area contributed by atoms with Gasteiger partial charge >= 0.3 is 5.97 Å². The summed E-state index contributed by atoms with van der Waals surface area (Å²) < 4.78 is 4.82. The molecule has 0 amide bonds. The number of methoxy groups -OCH3 is 1. The summed E-state index contributed by atoms with van der Waals surface area (Å²) >= 11 is 1.39. The lowest BCUT2D eigenvalue weighted by Crippen LogP contribution is -2.03. The molecule has 0 aliphatic heterocycles. The van der Waals surface area contributed by atoms with E-state index in [1.165, 1.54) is 18.4 Å². The number of aromatic nitrogens is 3. The van der Waals surface area contributed by atoms with Crippen molar-refractivity contribution in [3.8, 4) is 21.1 Å². The van der Waals surface area contributed by atoms with Crippen LogP contribution in [0.1, 0.15) is 10.5 Å². The average molecular weight is 297 g/mol. The number of carbonyl (C=O) groups excluding carboxylic acids is 1. The van der Waals surface area contributed by atoms with E-state index in [0.717, 1.165) is 10.4 Å². The molecule has 3 rings (SSSR count). The number of carbonyl (C=O) groups is 1. The maximum absolute atomic E-state index is 11.9. The normalized spacial score (nSPS) is 10.3. The van der Waals surface area contributed by atoms with Crippen molar-refractivity contribution in [3.05, 3.63) is 54.6 Å². The van der Waals surface area contributed by atoms with Crippen molar-refractivity contribution in [2.75, 3.05) is 7.11 Å². The number of hydrogen-bond donors (Lipinski definition) is 0. The van der Waals surface area contributed by atoms with Crippen molar-refractivity contribution in [2.45, 2.75) is 0 Å². The number of benzene rings is 1. The largest absolute Gasteiger partial charge is 0.464 e. The Hall–Kier alpha value is -2.60. The van der Waals surface area contributed by atoms with Gasteiger partial charge < -0.3 is 4.74 Å². The van der Waals surface area contributed by atoms with E-state index < -0.39 is 5.97 Å². The third-order valence-corrected chi connectivity index (χ3v) is 3.95. The second-order valence-corrected chi connectivity index (χ2v) is 5.14. The van der Waals surface area contributed by atoms with Crippen molar-refractivity contribution in [1.82, 2.24) is 15.0 Å². The standard InChI is InChI=1S/C15H11N3O2S/c1-20-15(19)12-13(10-5-3-2-4-6-10)21-14(18-12)11-9-16-7-8-17-11/h2-9H,1H3. The van der Waals surface area contributed by atoms with Crippen LogP contribution in [0.15, 0.2) is 48.9 Å². The van der Waals surface area contributed by atoms with E-state index >= 15 is 0 Å². The molecule has 0 saturated carbocycles. The summed E-state index contributed by atoms with van der Waals surface area (Å²) in [6.07, 6.45) is 4.81. The lowest BCUT2D eigenvalue weighted by Gasteiger charge is -1.99. The van der Waals surface area contributed by atoms with Crippen molar-refractivity contribution < 1.29 is 9.53 Å². The summed E-state index contributed by atoms with van der Waals surface area (Å²) in [7, 11) is 1.35. The van der Waals surface area contributed by atoms with Crippen molar-refractivity contribution in [3.63, 3.8) is 0 Å². The number of nitrogens with zero attached hydrogens (tertiary/aromatic N) is 3. The van der Waals surface area contributed by atoms with Gasteiger partial charge in [0.2, 0.25) is 0 Å². The van der Waals surface area contributed by atoms with E-state index in [1.54, 1.807) is 18.6 Å². The topological polar surface area (TPSA) is 65.0 Å². The van der Waals surface area contributed by atoms with Crippen molar-refractivity contribution >= 4 is 17.3 Å². The average Bonchev–Trinajstić information content (AvgIpc) is 3.01. The Balaban J connectivity index is 2.14. The molecule has 0 unspecified atom stereocenters. The zero-order valence-electron chi connectivity index (χ0n) is 11.2. The molecule has 0 radical (unpaired) electrons. The number of thiazole rings is 1.